The lowest BCUT2D eigenvalue weighted by molar-refractivity contribution is 0.107. The number of hydrogen-bond acceptors (Lipinski definition) is 3. The van der Waals surface area contributed by atoms with Gasteiger partial charge in [-0.05, 0) is 17.4 Å². The summed E-state index contributed by atoms with van der Waals surface area (Å²) in [7, 11) is 0. The van der Waals surface area contributed by atoms with Crippen LogP contribution in [0.5, 0.6) is 0 Å². The summed E-state index contributed by atoms with van der Waals surface area (Å²) in [6.07, 6.45) is 1.82. The maximum atomic E-state index is 11.9. The van der Waals surface area contributed by atoms with Crippen LogP contribution in [0.3, 0.4) is 0 Å². The van der Waals surface area contributed by atoms with E-state index in [9.17, 15) is 4.79 Å². The molecule has 90 valence electrons. The van der Waals surface area contributed by atoms with E-state index in [1.807, 2.05) is 60.9 Å². The predicted molar refractivity (Wildman–Crippen MR) is 82.3 cm³/mol. The highest BCUT2D eigenvalue weighted by Gasteiger charge is 2.10. The van der Waals surface area contributed by atoms with Crippen molar-refractivity contribution in [2.24, 2.45) is 0 Å². The fraction of sp³-hybridized carbons (Fsp3) is 0.0667. The zero-order valence-corrected chi connectivity index (χ0v) is 11.6. The van der Waals surface area contributed by atoms with Crippen molar-refractivity contribution in [1.29, 1.82) is 0 Å². The van der Waals surface area contributed by atoms with Crippen LogP contribution in [0.2, 0.25) is 0 Å². The van der Waals surface area contributed by atoms with Gasteiger partial charge in [-0.1, -0.05) is 66.8 Å². The number of thioether (sulfide) groups is 1. The van der Waals surface area contributed by atoms with Gasteiger partial charge in [-0.3, -0.25) is 4.79 Å². The Bertz CT molecular complexity index is 559. The molecule has 3 heteroatoms. The number of Topliss-reactive ketones (excluding diaryl/α,β-unsaturated/α-hetero) is 1. The summed E-state index contributed by atoms with van der Waals surface area (Å²) in [6, 6.07) is 17.6. The van der Waals surface area contributed by atoms with Crippen LogP contribution in [0.1, 0.15) is 10.4 Å². The highest BCUT2D eigenvalue weighted by molar-refractivity contribution is 8.24. The number of rotatable bonds is 3. The van der Waals surface area contributed by atoms with E-state index in [1.165, 1.54) is 11.8 Å². The lowest BCUT2D eigenvalue weighted by atomic mass is 10.0. The second-order valence-corrected chi connectivity index (χ2v) is 5.25. The van der Waals surface area contributed by atoms with Gasteiger partial charge in [0.2, 0.25) is 5.78 Å². The van der Waals surface area contributed by atoms with Crippen LogP contribution in [-0.2, 0) is 0 Å². The molecule has 0 heterocycles. The van der Waals surface area contributed by atoms with E-state index in [1.54, 1.807) is 0 Å². The average Bonchev–Trinajstić information content (AvgIpc) is 2.47. The Hall–Kier alpha value is -1.45. The molecular weight excluding hydrogens is 260 g/mol. The summed E-state index contributed by atoms with van der Waals surface area (Å²) in [4.78, 5) is 11.9. The number of carbonyl (C=O) groups excluding carboxylic acids is 1. The van der Waals surface area contributed by atoms with Gasteiger partial charge in [0.1, 0.15) is 4.20 Å². The first-order valence-corrected chi connectivity index (χ1v) is 7.14. The third kappa shape index (κ3) is 2.86. The van der Waals surface area contributed by atoms with Crippen molar-refractivity contribution in [3.8, 4) is 11.1 Å². The minimum atomic E-state index is -0.0721. The zero-order chi connectivity index (χ0) is 13.0. The van der Waals surface area contributed by atoms with Crippen molar-refractivity contribution < 1.29 is 4.79 Å². The van der Waals surface area contributed by atoms with Gasteiger partial charge in [0.05, 0.1) is 0 Å². The molecule has 1 nitrogen and oxygen atoms in total. The molecule has 2 aromatic carbocycles. The van der Waals surface area contributed by atoms with Gasteiger partial charge in [-0.15, -0.1) is 11.8 Å². The van der Waals surface area contributed by atoms with Crippen LogP contribution in [0.4, 0.5) is 0 Å². The Kier molecular flexibility index (Phi) is 4.28. The molecule has 0 saturated carbocycles. The van der Waals surface area contributed by atoms with Gasteiger partial charge in [0, 0.05) is 5.56 Å². The molecular formula is C15H12OS2. The molecule has 0 saturated heterocycles. The molecule has 0 aliphatic rings. The molecule has 0 atom stereocenters. The number of thiocarbonyl (C=S) groups is 1. The number of ketones is 1. The second-order valence-electron chi connectivity index (χ2n) is 3.76. The maximum Gasteiger partial charge on any atom is 0.210 e. The fourth-order valence-corrected chi connectivity index (χ4v) is 2.08. The summed E-state index contributed by atoms with van der Waals surface area (Å²) in [5.41, 5.74) is 2.89. The van der Waals surface area contributed by atoms with Gasteiger partial charge < -0.3 is 0 Å². The van der Waals surface area contributed by atoms with Gasteiger partial charge in [0.15, 0.2) is 0 Å². The summed E-state index contributed by atoms with van der Waals surface area (Å²) in [5.74, 6) is -0.0721. The number of benzene rings is 2. The Balaban J connectivity index is 2.26. The van der Waals surface area contributed by atoms with E-state index in [4.69, 9.17) is 12.2 Å². The highest BCUT2D eigenvalue weighted by atomic mass is 32.2. The lowest BCUT2D eigenvalue weighted by Gasteiger charge is -2.03. The van der Waals surface area contributed by atoms with Crippen LogP contribution in [0.25, 0.3) is 11.1 Å². The van der Waals surface area contributed by atoms with E-state index in [2.05, 4.69) is 0 Å². The largest absolute Gasteiger partial charge is 0.287 e. The standard InChI is InChI=1S/C15H12OS2/c1-18-15(17)14(16)13-9-7-12(8-10-13)11-5-3-2-4-6-11/h2-10H,1H3. The first kappa shape index (κ1) is 13.0. The van der Waals surface area contributed by atoms with Crippen LogP contribution >= 0.6 is 24.0 Å². The number of hydrogen-bond donors (Lipinski definition) is 0. The Morgan fingerprint density at radius 2 is 1.50 bits per heavy atom. The molecule has 2 rings (SSSR count). The molecule has 0 spiro atoms. The van der Waals surface area contributed by atoms with Crippen molar-refractivity contribution in [3.05, 3.63) is 60.2 Å². The van der Waals surface area contributed by atoms with Crippen molar-refractivity contribution >= 4 is 34.0 Å². The first-order valence-electron chi connectivity index (χ1n) is 5.50. The van der Waals surface area contributed by atoms with Crippen LogP contribution < -0.4 is 0 Å². The van der Waals surface area contributed by atoms with Gasteiger partial charge in [0.25, 0.3) is 0 Å². The minimum absolute atomic E-state index is 0.0721. The Morgan fingerprint density at radius 1 is 0.944 bits per heavy atom. The van der Waals surface area contributed by atoms with E-state index in [0.29, 0.717) is 9.76 Å². The molecule has 0 N–H and O–H groups in total. The molecule has 0 aliphatic heterocycles. The van der Waals surface area contributed by atoms with E-state index in [0.717, 1.165) is 11.1 Å². The van der Waals surface area contributed by atoms with Crippen molar-refractivity contribution in [2.45, 2.75) is 0 Å². The molecule has 0 fully saturated rings. The van der Waals surface area contributed by atoms with Crippen LogP contribution in [0, 0.1) is 0 Å². The summed E-state index contributed by atoms with van der Waals surface area (Å²) in [6.45, 7) is 0. The molecule has 0 unspecified atom stereocenters. The predicted octanol–water partition coefficient (Wildman–Crippen LogP) is 4.23. The Labute approximate surface area is 116 Å². The monoisotopic (exact) mass is 272 g/mol. The van der Waals surface area contributed by atoms with E-state index in [-0.39, 0.29) is 5.78 Å². The molecule has 0 radical (unpaired) electrons. The maximum absolute atomic E-state index is 11.9. The lowest BCUT2D eigenvalue weighted by Crippen LogP contribution is -2.07. The minimum Gasteiger partial charge on any atom is -0.287 e. The normalized spacial score (nSPS) is 10.1. The van der Waals surface area contributed by atoms with Crippen molar-refractivity contribution in [3.63, 3.8) is 0 Å². The molecule has 0 aliphatic carbocycles. The van der Waals surface area contributed by atoms with Gasteiger partial charge in [-0.25, -0.2) is 0 Å². The zero-order valence-electron chi connectivity index (χ0n) is 9.92. The van der Waals surface area contributed by atoms with Crippen LogP contribution in [0.15, 0.2) is 54.6 Å². The smallest absolute Gasteiger partial charge is 0.210 e. The molecule has 0 aromatic heterocycles. The topological polar surface area (TPSA) is 17.1 Å². The molecule has 2 aromatic rings. The fourth-order valence-electron chi connectivity index (χ4n) is 1.66. The highest BCUT2D eigenvalue weighted by Crippen LogP contribution is 2.20. The molecule has 0 amide bonds. The van der Waals surface area contributed by atoms with Gasteiger partial charge in [-0.2, -0.15) is 0 Å². The summed E-state index contributed by atoms with van der Waals surface area (Å²) < 4.78 is 0.405. The molecule has 0 bridgehead atoms. The summed E-state index contributed by atoms with van der Waals surface area (Å²) >= 11 is 6.31. The van der Waals surface area contributed by atoms with Crippen molar-refractivity contribution in [2.75, 3.05) is 6.26 Å². The molecule has 18 heavy (non-hydrogen) atoms. The van der Waals surface area contributed by atoms with Gasteiger partial charge >= 0.3 is 0 Å². The number of carbonyl (C=O) groups is 1. The van der Waals surface area contributed by atoms with E-state index < -0.39 is 0 Å². The first-order chi connectivity index (χ1) is 8.72. The Morgan fingerprint density at radius 3 is 2.06 bits per heavy atom. The SMILES string of the molecule is CSC(=S)C(=O)c1ccc(-c2ccccc2)cc1. The third-order valence-corrected chi connectivity index (χ3v) is 3.87. The quantitative estimate of drug-likeness (QED) is 0.615. The summed E-state index contributed by atoms with van der Waals surface area (Å²) in [5, 5.41) is 0. The second kappa shape index (κ2) is 5.94. The average molecular weight is 272 g/mol. The van der Waals surface area contributed by atoms with E-state index >= 15 is 0 Å². The van der Waals surface area contributed by atoms with Crippen molar-refractivity contribution in [1.82, 2.24) is 0 Å². The van der Waals surface area contributed by atoms with Crippen LogP contribution in [-0.4, -0.2) is 16.2 Å². The third-order valence-electron chi connectivity index (χ3n) is 2.63.